The molecule has 1 unspecified atom stereocenters. The van der Waals surface area contributed by atoms with Crippen molar-refractivity contribution in [2.45, 2.75) is 39.0 Å². The van der Waals surface area contributed by atoms with E-state index in [4.69, 9.17) is 0 Å². The molecule has 2 aliphatic rings. The first kappa shape index (κ1) is 16.2. The lowest BCUT2D eigenvalue weighted by atomic mass is 10.0. The Balaban J connectivity index is 1.49. The molecule has 1 aromatic rings. The van der Waals surface area contributed by atoms with Crippen molar-refractivity contribution in [3.05, 3.63) is 24.3 Å². The van der Waals surface area contributed by atoms with Crippen LogP contribution in [0.3, 0.4) is 0 Å². The number of rotatable bonds is 4. The number of hydrogen-bond acceptors (Lipinski definition) is 3. The van der Waals surface area contributed by atoms with Crippen molar-refractivity contribution in [3.63, 3.8) is 0 Å². The lowest BCUT2D eigenvalue weighted by Gasteiger charge is -2.31. The summed E-state index contributed by atoms with van der Waals surface area (Å²) in [6.45, 7) is 6.78. The molecule has 1 N–H and O–H groups in total. The van der Waals surface area contributed by atoms with Crippen molar-refractivity contribution in [1.29, 1.82) is 0 Å². The number of carbonyl (C=O) groups is 1. The lowest BCUT2D eigenvalue weighted by molar-refractivity contribution is -0.130. The summed E-state index contributed by atoms with van der Waals surface area (Å²) in [5.41, 5.74) is 2.33. The van der Waals surface area contributed by atoms with E-state index in [1.165, 1.54) is 44.5 Å². The van der Waals surface area contributed by atoms with Crippen molar-refractivity contribution in [1.82, 2.24) is 4.90 Å². The average molecular weight is 315 g/mol. The molecular weight excluding hydrogens is 286 g/mol. The molecule has 3 rings (SSSR count). The van der Waals surface area contributed by atoms with Crippen molar-refractivity contribution < 1.29 is 4.79 Å². The number of nitrogens with zero attached hydrogens (tertiary/aromatic N) is 2. The summed E-state index contributed by atoms with van der Waals surface area (Å²) in [7, 11) is 0. The Labute approximate surface area is 139 Å². The van der Waals surface area contributed by atoms with E-state index >= 15 is 0 Å². The van der Waals surface area contributed by atoms with Gasteiger partial charge in [0.25, 0.3) is 0 Å². The molecule has 2 aliphatic heterocycles. The second-order valence-corrected chi connectivity index (χ2v) is 7.04. The first-order chi connectivity index (χ1) is 11.2. The second kappa shape index (κ2) is 7.71. The van der Waals surface area contributed by atoms with Gasteiger partial charge >= 0.3 is 0 Å². The van der Waals surface area contributed by atoms with Gasteiger partial charge < -0.3 is 15.1 Å². The van der Waals surface area contributed by atoms with E-state index in [-0.39, 0.29) is 5.91 Å². The molecule has 4 nitrogen and oxygen atoms in total. The van der Waals surface area contributed by atoms with E-state index in [0.717, 1.165) is 25.2 Å². The smallest absolute Gasteiger partial charge is 0.241 e. The maximum atomic E-state index is 12.3. The van der Waals surface area contributed by atoms with E-state index < -0.39 is 0 Å². The highest BCUT2D eigenvalue weighted by molar-refractivity contribution is 5.81. The van der Waals surface area contributed by atoms with Crippen LogP contribution < -0.4 is 10.2 Å². The number of nitrogens with one attached hydrogen (secondary N) is 1. The van der Waals surface area contributed by atoms with Gasteiger partial charge in [-0.3, -0.25) is 4.79 Å². The van der Waals surface area contributed by atoms with Crippen LogP contribution in [0.2, 0.25) is 0 Å². The molecule has 0 radical (unpaired) electrons. The Morgan fingerprint density at radius 3 is 2.52 bits per heavy atom. The zero-order valence-electron chi connectivity index (χ0n) is 14.3. The number of carbonyl (C=O) groups excluding carboxylic acids is 1. The van der Waals surface area contributed by atoms with E-state index in [0.29, 0.717) is 12.5 Å². The Bertz CT molecular complexity index is 508. The van der Waals surface area contributed by atoms with Gasteiger partial charge in [-0.25, -0.2) is 0 Å². The number of amides is 1. The molecule has 0 aromatic heterocycles. The summed E-state index contributed by atoms with van der Waals surface area (Å²) in [6, 6.07) is 8.52. The highest BCUT2D eigenvalue weighted by Gasteiger charge is 2.20. The average Bonchev–Trinajstić information content (AvgIpc) is 2.61. The molecule has 2 saturated heterocycles. The second-order valence-electron chi connectivity index (χ2n) is 7.04. The molecule has 0 saturated carbocycles. The van der Waals surface area contributed by atoms with Gasteiger partial charge in [0.05, 0.1) is 6.54 Å². The molecule has 2 heterocycles. The predicted molar refractivity (Wildman–Crippen MR) is 96.0 cm³/mol. The zero-order valence-corrected chi connectivity index (χ0v) is 14.3. The minimum absolute atomic E-state index is 0.219. The minimum Gasteiger partial charge on any atom is -0.376 e. The van der Waals surface area contributed by atoms with Crippen LogP contribution in [0.4, 0.5) is 11.4 Å². The number of piperidine rings is 2. The maximum Gasteiger partial charge on any atom is 0.241 e. The number of hydrogen-bond donors (Lipinski definition) is 1. The van der Waals surface area contributed by atoms with Crippen LogP contribution in [0.15, 0.2) is 24.3 Å². The summed E-state index contributed by atoms with van der Waals surface area (Å²) in [5, 5.41) is 3.28. The molecule has 0 spiro atoms. The third kappa shape index (κ3) is 4.40. The summed E-state index contributed by atoms with van der Waals surface area (Å²) < 4.78 is 0. The molecule has 2 fully saturated rings. The first-order valence-electron chi connectivity index (χ1n) is 9.09. The van der Waals surface area contributed by atoms with Crippen LogP contribution in [0.25, 0.3) is 0 Å². The highest BCUT2D eigenvalue weighted by Crippen LogP contribution is 2.22. The SMILES string of the molecule is CC1CCCN(C(=O)CNc2ccc(N3CCCCC3)cc2)C1. The van der Waals surface area contributed by atoms with E-state index in [9.17, 15) is 4.79 Å². The lowest BCUT2D eigenvalue weighted by Crippen LogP contribution is -2.41. The third-order valence-electron chi connectivity index (χ3n) is 5.04. The molecule has 23 heavy (non-hydrogen) atoms. The zero-order chi connectivity index (χ0) is 16.1. The van der Waals surface area contributed by atoms with Crippen LogP contribution in [0.5, 0.6) is 0 Å². The Kier molecular flexibility index (Phi) is 5.42. The number of anilines is 2. The van der Waals surface area contributed by atoms with Gasteiger partial charge in [0, 0.05) is 37.6 Å². The standard InChI is InChI=1S/C19H29N3O/c1-16-6-5-13-22(15-16)19(23)14-20-17-7-9-18(10-8-17)21-11-3-2-4-12-21/h7-10,16,20H,2-6,11-15H2,1H3. The van der Waals surface area contributed by atoms with Crippen LogP contribution in [-0.4, -0.2) is 43.5 Å². The molecule has 126 valence electrons. The van der Waals surface area contributed by atoms with Gasteiger partial charge in [0.2, 0.25) is 5.91 Å². The molecule has 4 heteroatoms. The van der Waals surface area contributed by atoms with Crippen LogP contribution in [0, 0.1) is 5.92 Å². The van der Waals surface area contributed by atoms with Crippen molar-refractivity contribution >= 4 is 17.3 Å². The molecule has 0 aliphatic carbocycles. The Morgan fingerprint density at radius 2 is 1.83 bits per heavy atom. The fraction of sp³-hybridized carbons (Fsp3) is 0.632. The largest absolute Gasteiger partial charge is 0.376 e. The van der Waals surface area contributed by atoms with Gasteiger partial charge in [-0.15, -0.1) is 0 Å². The third-order valence-corrected chi connectivity index (χ3v) is 5.04. The fourth-order valence-corrected chi connectivity index (χ4v) is 3.65. The topological polar surface area (TPSA) is 35.6 Å². The maximum absolute atomic E-state index is 12.3. The summed E-state index contributed by atoms with van der Waals surface area (Å²) >= 11 is 0. The van der Waals surface area contributed by atoms with Gasteiger partial charge in [-0.2, -0.15) is 0 Å². The van der Waals surface area contributed by atoms with Gasteiger partial charge in [-0.1, -0.05) is 6.92 Å². The number of benzene rings is 1. The highest BCUT2D eigenvalue weighted by atomic mass is 16.2. The Morgan fingerprint density at radius 1 is 1.09 bits per heavy atom. The molecule has 0 bridgehead atoms. The molecule has 1 amide bonds. The van der Waals surface area contributed by atoms with Crippen LogP contribution >= 0.6 is 0 Å². The van der Waals surface area contributed by atoms with Gasteiger partial charge in [-0.05, 0) is 62.3 Å². The predicted octanol–water partition coefficient (Wildman–Crippen LogP) is 3.35. The molecule has 1 aromatic carbocycles. The Hall–Kier alpha value is -1.71. The molecular formula is C19H29N3O. The minimum atomic E-state index is 0.219. The summed E-state index contributed by atoms with van der Waals surface area (Å²) in [4.78, 5) is 16.7. The quantitative estimate of drug-likeness (QED) is 0.925. The van der Waals surface area contributed by atoms with Crippen LogP contribution in [-0.2, 0) is 4.79 Å². The van der Waals surface area contributed by atoms with E-state index in [1.807, 2.05) is 4.90 Å². The number of likely N-dealkylation sites (tertiary alicyclic amines) is 1. The van der Waals surface area contributed by atoms with Gasteiger partial charge in [0.1, 0.15) is 0 Å². The monoisotopic (exact) mass is 315 g/mol. The fourth-order valence-electron chi connectivity index (χ4n) is 3.65. The van der Waals surface area contributed by atoms with Crippen molar-refractivity contribution in [2.24, 2.45) is 5.92 Å². The summed E-state index contributed by atoms with van der Waals surface area (Å²) in [5.74, 6) is 0.855. The van der Waals surface area contributed by atoms with Crippen molar-refractivity contribution in [3.8, 4) is 0 Å². The van der Waals surface area contributed by atoms with E-state index in [1.54, 1.807) is 0 Å². The van der Waals surface area contributed by atoms with Gasteiger partial charge in [0.15, 0.2) is 0 Å². The molecule has 1 atom stereocenters. The first-order valence-corrected chi connectivity index (χ1v) is 9.09. The van der Waals surface area contributed by atoms with Crippen molar-refractivity contribution in [2.75, 3.05) is 42.9 Å². The normalized spacial score (nSPS) is 22.0. The van der Waals surface area contributed by atoms with E-state index in [2.05, 4.69) is 41.4 Å². The van der Waals surface area contributed by atoms with Crippen LogP contribution in [0.1, 0.15) is 39.0 Å². The summed E-state index contributed by atoms with van der Waals surface area (Å²) in [6.07, 6.45) is 6.32.